The third kappa shape index (κ3) is 4.81. The highest BCUT2D eigenvalue weighted by Gasteiger charge is 2.23. The van der Waals surface area contributed by atoms with Crippen LogP contribution in [0.2, 0.25) is 0 Å². The fraction of sp³-hybridized carbons (Fsp3) is 0.588. The number of halogens is 1. The quantitative estimate of drug-likeness (QED) is 0.925. The third-order valence-corrected chi connectivity index (χ3v) is 4.06. The lowest BCUT2D eigenvalue weighted by molar-refractivity contribution is -0.123. The first-order valence-electron chi connectivity index (χ1n) is 7.71. The van der Waals surface area contributed by atoms with Crippen LogP contribution >= 0.6 is 0 Å². The molecular formula is C17H25FN2O. The minimum Gasteiger partial charge on any atom is -0.348 e. The number of nitrogens with one attached hydrogen (secondary N) is 1. The summed E-state index contributed by atoms with van der Waals surface area (Å²) in [5, 5.41) is 2.99. The number of piperidine rings is 1. The van der Waals surface area contributed by atoms with Gasteiger partial charge in [0.05, 0.1) is 12.6 Å². The number of carbonyl (C=O) groups is 1. The van der Waals surface area contributed by atoms with Gasteiger partial charge in [0, 0.05) is 13.1 Å². The smallest absolute Gasteiger partial charge is 0.234 e. The van der Waals surface area contributed by atoms with E-state index >= 15 is 0 Å². The first-order valence-corrected chi connectivity index (χ1v) is 7.71. The average Bonchev–Trinajstić information content (AvgIpc) is 2.37. The number of rotatable bonds is 4. The van der Waals surface area contributed by atoms with Crippen molar-refractivity contribution < 1.29 is 9.18 Å². The molecule has 0 aromatic heterocycles. The molecule has 116 valence electrons. The first kappa shape index (κ1) is 16.0. The number of likely N-dealkylation sites (tertiary alicyclic amines) is 1. The maximum atomic E-state index is 12.9. The predicted molar refractivity (Wildman–Crippen MR) is 82.3 cm³/mol. The van der Waals surface area contributed by atoms with Crippen LogP contribution < -0.4 is 5.32 Å². The highest BCUT2D eigenvalue weighted by Crippen LogP contribution is 2.20. The summed E-state index contributed by atoms with van der Waals surface area (Å²) in [7, 11) is 0. The largest absolute Gasteiger partial charge is 0.348 e. The molecule has 2 rings (SSSR count). The monoisotopic (exact) mass is 292 g/mol. The standard InChI is InChI=1S/C17H25FN2O/c1-12-8-13(2)10-20(9-12)11-17(21)19-14(3)15-4-6-16(18)7-5-15/h4-7,12-14H,8-11H2,1-3H3,(H,19,21). The van der Waals surface area contributed by atoms with Gasteiger partial charge < -0.3 is 5.32 Å². The van der Waals surface area contributed by atoms with Crippen LogP contribution in [0, 0.1) is 17.7 Å². The Morgan fingerprint density at radius 3 is 2.43 bits per heavy atom. The fourth-order valence-electron chi connectivity index (χ4n) is 3.25. The zero-order chi connectivity index (χ0) is 15.4. The summed E-state index contributed by atoms with van der Waals surface area (Å²) >= 11 is 0. The zero-order valence-electron chi connectivity index (χ0n) is 13.1. The first-order chi connectivity index (χ1) is 9.94. The van der Waals surface area contributed by atoms with Crippen molar-refractivity contribution in [2.75, 3.05) is 19.6 Å². The van der Waals surface area contributed by atoms with Gasteiger partial charge in [0.1, 0.15) is 5.82 Å². The summed E-state index contributed by atoms with van der Waals surface area (Å²) < 4.78 is 12.9. The fourth-order valence-corrected chi connectivity index (χ4v) is 3.25. The van der Waals surface area contributed by atoms with Crippen LogP contribution in [0.25, 0.3) is 0 Å². The Morgan fingerprint density at radius 2 is 1.86 bits per heavy atom. The number of hydrogen-bond acceptors (Lipinski definition) is 2. The molecule has 1 N–H and O–H groups in total. The van der Waals surface area contributed by atoms with Crippen LogP contribution in [0.3, 0.4) is 0 Å². The molecule has 0 spiro atoms. The van der Waals surface area contributed by atoms with Gasteiger partial charge >= 0.3 is 0 Å². The second kappa shape index (κ2) is 7.03. The molecule has 0 aliphatic carbocycles. The molecule has 1 aromatic rings. The number of hydrogen-bond donors (Lipinski definition) is 1. The lowest BCUT2D eigenvalue weighted by atomic mass is 9.92. The van der Waals surface area contributed by atoms with Crippen LogP contribution in [-0.2, 0) is 4.79 Å². The molecule has 0 bridgehead atoms. The Morgan fingerprint density at radius 1 is 1.29 bits per heavy atom. The highest BCUT2D eigenvalue weighted by molar-refractivity contribution is 5.78. The summed E-state index contributed by atoms with van der Waals surface area (Å²) in [4.78, 5) is 14.4. The molecule has 1 saturated heterocycles. The van der Waals surface area contributed by atoms with Gasteiger partial charge in [0.15, 0.2) is 0 Å². The van der Waals surface area contributed by atoms with E-state index in [0.29, 0.717) is 18.4 Å². The van der Waals surface area contributed by atoms with E-state index in [1.807, 2.05) is 6.92 Å². The SMILES string of the molecule is CC1CC(C)CN(CC(=O)NC(C)c2ccc(F)cc2)C1. The zero-order valence-corrected chi connectivity index (χ0v) is 13.1. The van der Waals surface area contributed by atoms with Crippen LogP contribution in [0.15, 0.2) is 24.3 Å². The summed E-state index contributed by atoms with van der Waals surface area (Å²) in [6.45, 7) is 8.82. The Hall–Kier alpha value is -1.42. The van der Waals surface area contributed by atoms with Crippen molar-refractivity contribution in [2.24, 2.45) is 11.8 Å². The van der Waals surface area contributed by atoms with Crippen LogP contribution in [0.1, 0.15) is 38.8 Å². The van der Waals surface area contributed by atoms with E-state index < -0.39 is 0 Å². The average molecular weight is 292 g/mol. The van der Waals surface area contributed by atoms with Gasteiger partial charge in [-0.05, 0) is 42.9 Å². The molecule has 1 fully saturated rings. The van der Waals surface area contributed by atoms with Crippen molar-refractivity contribution in [1.29, 1.82) is 0 Å². The van der Waals surface area contributed by atoms with Crippen LogP contribution in [-0.4, -0.2) is 30.4 Å². The minimum atomic E-state index is -0.256. The Labute approximate surface area is 126 Å². The van der Waals surface area contributed by atoms with Crippen molar-refractivity contribution in [3.05, 3.63) is 35.6 Å². The third-order valence-electron chi connectivity index (χ3n) is 4.06. The molecule has 3 nitrogen and oxygen atoms in total. The molecule has 1 heterocycles. The lowest BCUT2D eigenvalue weighted by Gasteiger charge is -2.34. The van der Waals surface area contributed by atoms with E-state index in [9.17, 15) is 9.18 Å². The van der Waals surface area contributed by atoms with Gasteiger partial charge in [0.2, 0.25) is 5.91 Å². The van der Waals surface area contributed by atoms with Gasteiger partial charge in [-0.3, -0.25) is 9.69 Å². The molecule has 1 aliphatic rings. The van der Waals surface area contributed by atoms with E-state index in [0.717, 1.165) is 18.7 Å². The summed E-state index contributed by atoms with van der Waals surface area (Å²) in [5.74, 6) is 1.08. The van der Waals surface area contributed by atoms with Gasteiger partial charge in [0.25, 0.3) is 0 Å². The molecule has 0 radical (unpaired) electrons. The van der Waals surface area contributed by atoms with Crippen molar-refractivity contribution in [3.63, 3.8) is 0 Å². The molecule has 21 heavy (non-hydrogen) atoms. The molecule has 3 atom stereocenters. The maximum Gasteiger partial charge on any atom is 0.234 e. The molecule has 4 heteroatoms. The topological polar surface area (TPSA) is 32.3 Å². The van der Waals surface area contributed by atoms with Gasteiger partial charge in [-0.15, -0.1) is 0 Å². The number of carbonyl (C=O) groups excluding carboxylic acids is 1. The second-order valence-electron chi connectivity index (χ2n) is 6.48. The van der Waals surface area contributed by atoms with Crippen molar-refractivity contribution in [2.45, 2.75) is 33.2 Å². The van der Waals surface area contributed by atoms with E-state index in [2.05, 4.69) is 24.1 Å². The Kier molecular flexibility index (Phi) is 5.34. The summed E-state index contributed by atoms with van der Waals surface area (Å²) in [6.07, 6.45) is 1.24. The number of benzene rings is 1. The summed E-state index contributed by atoms with van der Waals surface area (Å²) in [6, 6.07) is 6.17. The Balaban J connectivity index is 1.85. The van der Waals surface area contributed by atoms with Crippen molar-refractivity contribution in [3.8, 4) is 0 Å². The predicted octanol–water partition coefficient (Wildman–Crippen LogP) is 2.98. The number of amides is 1. The lowest BCUT2D eigenvalue weighted by Crippen LogP contribution is -2.44. The van der Waals surface area contributed by atoms with Crippen molar-refractivity contribution in [1.82, 2.24) is 10.2 Å². The maximum absolute atomic E-state index is 12.9. The second-order valence-corrected chi connectivity index (χ2v) is 6.48. The highest BCUT2D eigenvalue weighted by atomic mass is 19.1. The van der Waals surface area contributed by atoms with Gasteiger partial charge in [-0.1, -0.05) is 26.0 Å². The molecule has 3 unspecified atom stereocenters. The van der Waals surface area contributed by atoms with Crippen LogP contribution in [0.4, 0.5) is 4.39 Å². The Bertz CT molecular complexity index is 464. The van der Waals surface area contributed by atoms with Crippen LogP contribution in [0.5, 0.6) is 0 Å². The molecule has 1 amide bonds. The minimum absolute atomic E-state index is 0.0353. The van der Waals surface area contributed by atoms with Gasteiger partial charge in [-0.2, -0.15) is 0 Å². The summed E-state index contributed by atoms with van der Waals surface area (Å²) in [5.41, 5.74) is 0.921. The van der Waals surface area contributed by atoms with Gasteiger partial charge in [-0.25, -0.2) is 4.39 Å². The van der Waals surface area contributed by atoms with E-state index in [4.69, 9.17) is 0 Å². The van der Waals surface area contributed by atoms with Crippen molar-refractivity contribution >= 4 is 5.91 Å². The molecular weight excluding hydrogens is 267 g/mol. The van der Waals surface area contributed by atoms with E-state index in [-0.39, 0.29) is 17.8 Å². The van der Waals surface area contributed by atoms with E-state index in [1.165, 1.54) is 18.6 Å². The number of nitrogens with zero attached hydrogens (tertiary/aromatic N) is 1. The molecule has 0 saturated carbocycles. The molecule has 1 aliphatic heterocycles. The van der Waals surface area contributed by atoms with E-state index in [1.54, 1.807) is 12.1 Å². The molecule has 1 aromatic carbocycles. The normalized spacial score (nSPS) is 24.6.